The Balaban J connectivity index is 1.89. The second kappa shape index (κ2) is 7.89. The minimum absolute atomic E-state index is 0.440. The normalized spacial score (nSPS) is 11.0. The molecule has 0 spiro atoms. The molecule has 2 rings (SSSR count). The Morgan fingerprint density at radius 2 is 1.90 bits per heavy atom. The Morgan fingerprint density at radius 3 is 2.57 bits per heavy atom. The molecule has 3 nitrogen and oxygen atoms in total. The van der Waals surface area contributed by atoms with Crippen molar-refractivity contribution < 1.29 is 9.15 Å². The fraction of sp³-hybridized carbons (Fsp3) is 0.444. The van der Waals surface area contributed by atoms with Crippen LogP contribution in [0.4, 0.5) is 0 Å². The summed E-state index contributed by atoms with van der Waals surface area (Å²) in [4.78, 5) is 0. The van der Waals surface area contributed by atoms with Gasteiger partial charge in [0.15, 0.2) is 0 Å². The van der Waals surface area contributed by atoms with Crippen LogP contribution in [0.25, 0.3) is 0 Å². The van der Waals surface area contributed by atoms with Crippen LogP contribution in [0.15, 0.2) is 41.0 Å². The van der Waals surface area contributed by atoms with Crippen molar-refractivity contribution in [2.45, 2.75) is 52.8 Å². The van der Waals surface area contributed by atoms with E-state index in [0.29, 0.717) is 12.6 Å². The standard InChI is InChI=1S/C18H25NO2/c1-4-5-15-6-8-17(9-7-15)21-13-16-10-11-20-18(16)12-19-14(2)3/h6-11,14,19H,4-5,12-13H2,1-3H3. The highest BCUT2D eigenvalue weighted by Crippen LogP contribution is 2.17. The molecule has 1 aromatic heterocycles. The van der Waals surface area contributed by atoms with Crippen LogP contribution in [-0.4, -0.2) is 6.04 Å². The lowest BCUT2D eigenvalue weighted by molar-refractivity contribution is 0.301. The molecule has 0 amide bonds. The molecule has 3 heteroatoms. The number of rotatable bonds is 8. The van der Waals surface area contributed by atoms with Gasteiger partial charge in [-0.05, 0) is 30.2 Å². The average Bonchev–Trinajstić information content (AvgIpc) is 2.92. The second-order valence-corrected chi connectivity index (χ2v) is 5.59. The summed E-state index contributed by atoms with van der Waals surface area (Å²) >= 11 is 0. The van der Waals surface area contributed by atoms with E-state index in [1.807, 2.05) is 18.2 Å². The van der Waals surface area contributed by atoms with E-state index >= 15 is 0 Å². The van der Waals surface area contributed by atoms with Crippen LogP contribution in [0.2, 0.25) is 0 Å². The predicted octanol–water partition coefficient (Wildman–Crippen LogP) is 4.31. The van der Waals surface area contributed by atoms with Crippen LogP contribution < -0.4 is 10.1 Å². The van der Waals surface area contributed by atoms with Gasteiger partial charge in [0.05, 0.1) is 12.8 Å². The van der Waals surface area contributed by atoms with Crippen molar-refractivity contribution in [2.24, 2.45) is 0 Å². The van der Waals surface area contributed by atoms with Crippen molar-refractivity contribution in [3.63, 3.8) is 0 Å². The van der Waals surface area contributed by atoms with Gasteiger partial charge in [0.25, 0.3) is 0 Å². The minimum Gasteiger partial charge on any atom is -0.489 e. The summed E-state index contributed by atoms with van der Waals surface area (Å²) in [5, 5.41) is 3.36. The van der Waals surface area contributed by atoms with Gasteiger partial charge < -0.3 is 14.5 Å². The van der Waals surface area contributed by atoms with Crippen LogP contribution in [0.3, 0.4) is 0 Å². The predicted molar refractivity (Wildman–Crippen MR) is 85.5 cm³/mol. The van der Waals surface area contributed by atoms with Crippen LogP contribution >= 0.6 is 0 Å². The molecule has 1 aromatic carbocycles. The maximum Gasteiger partial charge on any atom is 0.124 e. The molecule has 0 fully saturated rings. The number of hydrogen-bond donors (Lipinski definition) is 1. The fourth-order valence-corrected chi connectivity index (χ4v) is 2.15. The number of ether oxygens (including phenoxy) is 1. The number of nitrogens with one attached hydrogen (secondary N) is 1. The molecule has 0 aliphatic heterocycles. The summed E-state index contributed by atoms with van der Waals surface area (Å²) in [6.45, 7) is 7.71. The molecule has 21 heavy (non-hydrogen) atoms. The van der Waals surface area contributed by atoms with Crippen molar-refractivity contribution >= 4 is 0 Å². The third kappa shape index (κ3) is 4.94. The Hall–Kier alpha value is -1.74. The van der Waals surface area contributed by atoms with Gasteiger partial charge in [-0.3, -0.25) is 0 Å². The molecule has 1 heterocycles. The Morgan fingerprint density at radius 1 is 1.14 bits per heavy atom. The quantitative estimate of drug-likeness (QED) is 0.785. The smallest absolute Gasteiger partial charge is 0.124 e. The topological polar surface area (TPSA) is 34.4 Å². The largest absolute Gasteiger partial charge is 0.489 e. The van der Waals surface area contributed by atoms with Crippen molar-refractivity contribution in [2.75, 3.05) is 0 Å². The van der Waals surface area contributed by atoms with E-state index in [4.69, 9.17) is 9.15 Å². The molecule has 0 aliphatic carbocycles. The molecular weight excluding hydrogens is 262 g/mol. The van der Waals surface area contributed by atoms with Gasteiger partial charge >= 0.3 is 0 Å². The van der Waals surface area contributed by atoms with Gasteiger partial charge in [0, 0.05) is 11.6 Å². The lowest BCUT2D eigenvalue weighted by Gasteiger charge is -2.09. The molecule has 0 saturated carbocycles. The first-order valence-electron chi connectivity index (χ1n) is 7.69. The highest BCUT2D eigenvalue weighted by molar-refractivity contribution is 5.28. The Bertz CT molecular complexity index is 528. The average molecular weight is 287 g/mol. The molecule has 0 bridgehead atoms. The van der Waals surface area contributed by atoms with E-state index in [0.717, 1.165) is 30.0 Å². The van der Waals surface area contributed by atoms with Gasteiger partial charge in [-0.1, -0.05) is 39.3 Å². The third-order valence-corrected chi connectivity index (χ3v) is 3.36. The van der Waals surface area contributed by atoms with E-state index in [2.05, 4.69) is 38.2 Å². The van der Waals surface area contributed by atoms with Crippen molar-refractivity contribution in [1.82, 2.24) is 5.32 Å². The maximum absolute atomic E-state index is 5.84. The van der Waals surface area contributed by atoms with E-state index in [9.17, 15) is 0 Å². The first-order chi connectivity index (χ1) is 10.2. The van der Waals surface area contributed by atoms with Crippen molar-refractivity contribution in [1.29, 1.82) is 0 Å². The number of benzene rings is 1. The van der Waals surface area contributed by atoms with E-state index in [1.54, 1.807) is 6.26 Å². The molecule has 114 valence electrons. The first-order valence-corrected chi connectivity index (χ1v) is 7.69. The van der Waals surface area contributed by atoms with E-state index in [-0.39, 0.29) is 0 Å². The zero-order valence-corrected chi connectivity index (χ0v) is 13.2. The summed E-state index contributed by atoms with van der Waals surface area (Å²) in [6, 6.07) is 10.8. The van der Waals surface area contributed by atoms with Crippen molar-refractivity contribution in [3.05, 3.63) is 53.5 Å². The number of aryl methyl sites for hydroxylation is 1. The molecule has 0 atom stereocenters. The SMILES string of the molecule is CCCc1ccc(OCc2ccoc2CNC(C)C)cc1. The summed E-state index contributed by atoms with van der Waals surface area (Å²) in [5.41, 5.74) is 2.45. The van der Waals surface area contributed by atoms with Gasteiger partial charge in [0.1, 0.15) is 18.1 Å². The van der Waals surface area contributed by atoms with E-state index in [1.165, 1.54) is 12.0 Å². The van der Waals surface area contributed by atoms with Crippen LogP contribution in [-0.2, 0) is 19.6 Å². The summed E-state index contributed by atoms with van der Waals surface area (Å²) in [6.07, 6.45) is 4.01. The molecular formula is C18H25NO2. The van der Waals surface area contributed by atoms with Crippen LogP contribution in [0.5, 0.6) is 5.75 Å². The highest BCUT2D eigenvalue weighted by atomic mass is 16.5. The summed E-state index contributed by atoms with van der Waals surface area (Å²) in [5.74, 6) is 1.85. The molecule has 0 aliphatic rings. The number of furan rings is 1. The van der Waals surface area contributed by atoms with Crippen LogP contribution in [0, 0.1) is 0 Å². The lowest BCUT2D eigenvalue weighted by atomic mass is 10.1. The summed E-state index contributed by atoms with van der Waals surface area (Å²) < 4.78 is 11.4. The summed E-state index contributed by atoms with van der Waals surface area (Å²) in [7, 11) is 0. The maximum atomic E-state index is 5.84. The molecule has 1 N–H and O–H groups in total. The number of hydrogen-bond acceptors (Lipinski definition) is 3. The zero-order valence-electron chi connectivity index (χ0n) is 13.2. The monoisotopic (exact) mass is 287 g/mol. The lowest BCUT2D eigenvalue weighted by Crippen LogP contribution is -2.22. The molecule has 0 radical (unpaired) electrons. The van der Waals surface area contributed by atoms with Crippen molar-refractivity contribution in [3.8, 4) is 5.75 Å². The molecule has 0 saturated heterocycles. The fourth-order valence-electron chi connectivity index (χ4n) is 2.15. The first kappa shape index (κ1) is 15.6. The molecule has 0 unspecified atom stereocenters. The van der Waals surface area contributed by atoms with Gasteiger partial charge in [-0.15, -0.1) is 0 Å². The van der Waals surface area contributed by atoms with E-state index < -0.39 is 0 Å². The Kier molecular flexibility index (Phi) is 5.88. The van der Waals surface area contributed by atoms with Gasteiger partial charge in [-0.2, -0.15) is 0 Å². The second-order valence-electron chi connectivity index (χ2n) is 5.59. The van der Waals surface area contributed by atoms with Gasteiger partial charge in [-0.25, -0.2) is 0 Å². The minimum atomic E-state index is 0.440. The Labute approximate surface area is 127 Å². The van der Waals surface area contributed by atoms with Gasteiger partial charge in [0.2, 0.25) is 0 Å². The van der Waals surface area contributed by atoms with Crippen LogP contribution in [0.1, 0.15) is 44.1 Å². The zero-order chi connectivity index (χ0) is 15.1. The third-order valence-electron chi connectivity index (χ3n) is 3.36. The highest BCUT2D eigenvalue weighted by Gasteiger charge is 2.07. The molecule has 2 aromatic rings.